The van der Waals surface area contributed by atoms with Gasteiger partial charge in [0, 0.05) is 55.0 Å². The first-order chi connectivity index (χ1) is 20.4. The number of carbonyl (C=O) groups excluding carboxylic acids is 1. The largest absolute Gasteiger partial charge is 0.379 e. The molecule has 1 aliphatic rings. The summed E-state index contributed by atoms with van der Waals surface area (Å²) in [5.41, 5.74) is 1.21. The summed E-state index contributed by atoms with van der Waals surface area (Å²) in [6.45, 7) is 9.47. The fourth-order valence-electron chi connectivity index (χ4n) is 5.29. The van der Waals surface area contributed by atoms with E-state index in [1.807, 2.05) is 11.8 Å². The first-order valence-corrected chi connectivity index (χ1v) is 15.4. The molecule has 10 nitrogen and oxygen atoms in total. The van der Waals surface area contributed by atoms with E-state index in [1.165, 1.54) is 12.3 Å². The molecular formula is C30H43ClFN7O3. The fourth-order valence-corrected chi connectivity index (χ4v) is 5.43. The van der Waals surface area contributed by atoms with E-state index in [9.17, 15) is 9.18 Å². The third-order valence-electron chi connectivity index (χ3n) is 7.47. The van der Waals surface area contributed by atoms with Crippen LogP contribution in [0, 0.1) is 5.82 Å². The first kappa shape index (κ1) is 31.9. The lowest BCUT2D eigenvalue weighted by Crippen LogP contribution is -2.50. The molecule has 0 spiro atoms. The number of halogens is 2. The van der Waals surface area contributed by atoms with Crippen LogP contribution in [0.15, 0.2) is 24.7 Å². The number of hydrogen-bond donors (Lipinski definition) is 3. The van der Waals surface area contributed by atoms with Gasteiger partial charge in [0.2, 0.25) is 0 Å². The zero-order chi connectivity index (χ0) is 29.9. The Bertz CT molecular complexity index is 1290. The second-order valence-corrected chi connectivity index (χ2v) is 11.4. The molecule has 0 radical (unpaired) electrons. The molecule has 4 rings (SSSR count). The average molecular weight is 604 g/mol. The number of hydrogen-bond acceptors (Lipinski definition) is 7. The molecule has 3 aromatic heterocycles. The highest BCUT2D eigenvalue weighted by atomic mass is 35.5. The molecule has 0 saturated heterocycles. The molecule has 0 aromatic carbocycles. The van der Waals surface area contributed by atoms with Gasteiger partial charge < -0.3 is 30.0 Å². The van der Waals surface area contributed by atoms with E-state index >= 15 is 0 Å². The Labute approximate surface area is 252 Å². The van der Waals surface area contributed by atoms with E-state index in [2.05, 4.69) is 44.4 Å². The molecule has 1 saturated carbocycles. The van der Waals surface area contributed by atoms with Gasteiger partial charge in [0.25, 0.3) is 0 Å². The van der Waals surface area contributed by atoms with Gasteiger partial charge in [0.05, 0.1) is 25.6 Å². The summed E-state index contributed by atoms with van der Waals surface area (Å²) >= 11 is 6.47. The SMILES string of the molecule is CCOCCOCCCCCN(C(=O)N[C@H]1CCC[C@@H](Nc2nc(-c3c[nH]c4ncc(F)cc34)ncc2Cl)C1)C(C)C. The predicted molar refractivity (Wildman–Crippen MR) is 163 cm³/mol. The molecule has 3 heterocycles. The normalized spacial score (nSPS) is 17.1. The van der Waals surface area contributed by atoms with Gasteiger partial charge in [-0.25, -0.2) is 24.1 Å². The van der Waals surface area contributed by atoms with Crippen LogP contribution in [0.3, 0.4) is 0 Å². The molecule has 230 valence electrons. The molecule has 0 unspecified atom stereocenters. The lowest BCUT2D eigenvalue weighted by Gasteiger charge is -2.34. The van der Waals surface area contributed by atoms with Crippen LogP contribution in [0.2, 0.25) is 5.02 Å². The Morgan fingerprint density at radius 2 is 1.95 bits per heavy atom. The highest BCUT2D eigenvalue weighted by Gasteiger charge is 2.27. The van der Waals surface area contributed by atoms with Gasteiger partial charge in [0.1, 0.15) is 22.3 Å². The summed E-state index contributed by atoms with van der Waals surface area (Å²) in [6.07, 6.45) is 10.9. The zero-order valence-electron chi connectivity index (χ0n) is 24.8. The number of anilines is 1. The second-order valence-electron chi connectivity index (χ2n) is 11.0. The number of ether oxygens (including phenoxy) is 2. The van der Waals surface area contributed by atoms with E-state index in [-0.39, 0.29) is 24.2 Å². The Kier molecular flexibility index (Phi) is 12.2. The van der Waals surface area contributed by atoms with Gasteiger partial charge >= 0.3 is 6.03 Å². The summed E-state index contributed by atoms with van der Waals surface area (Å²) in [6, 6.07) is 1.63. The highest BCUT2D eigenvalue weighted by Crippen LogP contribution is 2.30. The molecular weight excluding hydrogens is 561 g/mol. The summed E-state index contributed by atoms with van der Waals surface area (Å²) in [4.78, 5) is 31.3. The predicted octanol–water partition coefficient (Wildman–Crippen LogP) is 6.18. The Morgan fingerprint density at radius 3 is 2.76 bits per heavy atom. The number of aromatic amines is 1. The number of carbonyl (C=O) groups is 1. The van der Waals surface area contributed by atoms with Crippen molar-refractivity contribution in [3.63, 3.8) is 0 Å². The van der Waals surface area contributed by atoms with Crippen molar-refractivity contribution < 1.29 is 18.7 Å². The number of amides is 2. The molecule has 42 heavy (non-hydrogen) atoms. The molecule has 1 aliphatic carbocycles. The van der Waals surface area contributed by atoms with Crippen LogP contribution in [0.5, 0.6) is 0 Å². The van der Waals surface area contributed by atoms with Gasteiger partial charge in [-0.1, -0.05) is 11.6 Å². The third kappa shape index (κ3) is 8.99. The summed E-state index contributed by atoms with van der Waals surface area (Å²) in [7, 11) is 0. The van der Waals surface area contributed by atoms with Gasteiger partial charge in [-0.3, -0.25) is 0 Å². The van der Waals surface area contributed by atoms with E-state index < -0.39 is 5.82 Å². The molecule has 2 atom stereocenters. The molecule has 2 amide bonds. The summed E-state index contributed by atoms with van der Waals surface area (Å²) in [5, 5.41) is 7.74. The molecule has 0 bridgehead atoms. The number of unbranched alkanes of at least 4 members (excludes halogenated alkanes) is 2. The fraction of sp³-hybridized carbons (Fsp3) is 0.600. The van der Waals surface area contributed by atoms with Crippen molar-refractivity contribution in [1.29, 1.82) is 0 Å². The van der Waals surface area contributed by atoms with Gasteiger partial charge in [-0.05, 0) is 71.8 Å². The van der Waals surface area contributed by atoms with Gasteiger partial charge in [-0.15, -0.1) is 0 Å². The minimum Gasteiger partial charge on any atom is -0.379 e. The smallest absolute Gasteiger partial charge is 0.317 e. The van der Waals surface area contributed by atoms with Crippen molar-refractivity contribution in [2.45, 2.75) is 83.8 Å². The van der Waals surface area contributed by atoms with Crippen LogP contribution in [0.4, 0.5) is 15.0 Å². The van der Waals surface area contributed by atoms with Crippen LogP contribution in [-0.2, 0) is 9.47 Å². The topological polar surface area (TPSA) is 117 Å². The number of H-pyrrole nitrogens is 1. The highest BCUT2D eigenvalue weighted by molar-refractivity contribution is 6.32. The van der Waals surface area contributed by atoms with E-state index in [0.29, 0.717) is 66.2 Å². The van der Waals surface area contributed by atoms with E-state index in [4.69, 9.17) is 21.1 Å². The van der Waals surface area contributed by atoms with Gasteiger partial charge in [0.15, 0.2) is 5.82 Å². The second kappa shape index (κ2) is 16.0. The Hall–Kier alpha value is -3.02. The van der Waals surface area contributed by atoms with Crippen LogP contribution in [-0.4, -0.2) is 82.0 Å². The number of fused-ring (bicyclic) bond motifs is 1. The summed E-state index contributed by atoms with van der Waals surface area (Å²) < 4.78 is 24.7. The molecule has 12 heteroatoms. The maximum atomic E-state index is 13.8. The maximum absolute atomic E-state index is 13.8. The molecule has 3 N–H and O–H groups in total. The van der Waals surface area contributed by atoms with Crippen LogP contribution < -0.4 is 10.6 Å². The number of rotatable bonds is 15. The first-order valence-electron chi connectivity index (χ1n) is 15.0. The third-order valence-corrected chi connectivity index (χ3v) is 7.75. The number of nitrogens with one attached hydrogen (secondary N) is 3. The minimum absolute atomic E-state index is 0.0221. The lowest BCUT2D eigenvalue weighted by atomic mass is 9.91. The maximum Gasteiger partial charge on any atom is 0.317 e. The standard InChI is InChI=1S/C30H43ClFN7O3/c1-4-41-13-14-42-12-7-5-6-11-39(20(2)3)30(40)37-23-10-8-9-22(16-23)36-29-26(31)19-35-28(38-29)25-18-34-27-24(25)15-21(32)17-33-27/h15,17-20,22-23H,4-14,16H2,1-3H3,(H,33,34)(H,37,40)(H,35,36,38)/t22-,23+/m1/s1. The molecule has 0 aliphatic heterocycles. The number of urea groups is 1. The average Bonchev–Trinajstić information content (AvgIpc) is 3.38. The van der Waals surface area contributed by atoms with Crippen molar-refractivity contribution in [2.75, 3.05) is 38.3 Å². The lowest BCUT2D eigenvalue weighted by molar-refractivity contribution is 0.0511. The van der Waals surface area contributed by atoms with Crippen LogP contribution >= 0.6 is 11.6 Å². The van der Waals surface area contributed by atoms with Crippen LogP contribution in [0.25, 0.3) is 22.4 Å². The van der Waals surface area contributed by atoms with Gasteiger partial charge in [-0.2, -0.15) is 0 Å². The van der Waals surface area contributed by atoms with Crippen LogP contribution in [0.1, 0.15) is 65.7 Å². The number of aromatic nitrogens is 4. The van der Waals surface area contributed by atoms with E-state index in [1.54, 1.807) is 12.4 Å². The Morgan fingerprint density at radius 1 is 1.14 bits per heavy atom. The number of nitrogens with zero attached hydrogens (tertiary/aromatic N) is 4. The summed E-state index contributed by atoms with van der Waals surface area (Å²) in [5.74, 6) is 0.509. The molecule has 1 fully saturated rings. The van der Waals surface area contributed by atoms with Crippen molar-refractivity contribution >= 4 is 34.5 Å². The quantitative estimate of drug-likeness (QED) is 0.178. The Balaban J connectivity index is 1.28. The number of pyridine rings is 1. The van der Waals surface area contributed by atoms with Crippen molar-refractivity contribution in [3.05, 3.63) is 35.5 Å². The zero-order valence-corrected chi connectivity index (χ0v) is 25.6. The van der Waals surface area contributed by atoms with Crippen molar-refractivity contribution in [3.8, 4) is 11.4 Å². The minimum atomic E-state index is -0.430. The monoisotopic (exact) mass is 603 g/mol. The van der Waals surface area contributed by atoms with Crippen molar-refractivity contribution in [2.24, 2.45) is 0 Å². The molecule has 3 aromatic rings. The van der Waals surface area contributed by atoms with Crippen molar-refractivity contribution in [1.82, 2.24) is 30.2 Å². The van der Waals surface area contributed by atoms with E-state index in [0.717, 1.165) is 44.9 Å².